The van der Waals surface area contributed by atoms with E-state index in [4.69, 9.17) is 9.79 Å². The van der Waals surface area contributed by atoms with E-state index in [0.29, 0.717) is 17.8 Å². The minimum Gasteiger partial charge on any atom is -0.316 e. The fourth-order valence-electron chi connectivity index (χ4n) is 1.73. The largest absolute Gasteiger partial charge is 0.477 e. The average Bonchev–Trinajstić information content (AvgIpc) is 2.34. The fraction of sp³-hybridized carbons (Fsp3) is 0.600. The Morgan fingerprint density at radius 3 is 2.00 bits per heavy atom. The number of hydrogen-bond acceptors (Lipinski definition) is 4. The Hall–Kier alpha value is -0.130. The number of phosphoric acid groups is 1. The van der Waals surface area contributed by atoms with Crippen LogP contribution < -0.4 is 0 Å². The molecule has 0 aromatic heterocycles. The van der Waals surface area contributed by atoms with Crippen molar-refractivity contribution in [3.8, 4) is 0 Å². The van der Waals surface area contributed by atoms with E-state index in [1.807, 2.05) is 13.0 Å². The first-order chi connectivity index (χ1) is 10.9. The molecule has 0 saturated carbocycles. The van der Waals surface area contributed by atoms with Crippen molar-refractivity contribution in [2.24, 2.45) is 0 Å². The van der Waals surface area contributed by atoms with Crippen LogP contribution in [-0.2, 0) is 13.4 Å². The number of allylic oxidation sites excluding steroid dienone is 6. The van der Waals surface area contributed by atoms with Crippen LogP contribution in [0.5, 0.6) is 0 Å². The summed E-state index contributed by atoms with van der Waals surface area (Å²) >= 11 is 0.521. The Labute approximate surface area is 148 Å². The molecule has 9 heteroatoms. The Morgan fingerprint density at radius 1 is 0.958 bits per heavy atom. The van der Waals surface area contributed by atoms with Crippen molar-refractivity contribution in [2.75, 3.05) is 5.75 Å². The van der Waals surface area contributed by atoms with Gasteiger partial charge in [0.25, 0.3) is 0 Å². The predicted octanol–water partition coefficient (Wildman–Crippen LogP) is 5.35. The summed E-state index contributed by atoms with van der Waals surface area (Å²) in [5, 5.41) is 0. The lowest BCUT2D eigenvalue weighted by atomic mass is 10.1. The lowest BCUT2D eigenvalue weighted by Gasteiger charge is -2.11. The molecule has 0 rings (SSSR count). The first kappa shape index (κ1) is 23.9. The molecule has 6 nitrogen and oxygen atoms in total. The molecule has 0 radical (unpaired) electrons. The number of rotatable bonds is 11. The van der Waals surface area contributed by atoms with Crippen molar-refractivity contribution in [3.05, 3.63) is 34.9 Å². The van der Waals surface area contributed by atoms with E-state index in [2.05, 4.69) is 37.2 Å². The molecule has 24 heavy (non-hydrogen) atoms. The zero-order valence-electron chi connectivity index (χ0n) is 14.6. The van der Waals surface area contributed by atoms with Gasteiger partial charge in [0.2, 0.25) is 0 Å². The maximum Gasteiger partial charge on any atom is 0.477 e. The van der Waals surface area contributed by atoms with Gasteiger partial charge < -0.3 is 14.7 Å². The fourth-order valence-corrected chi connectivity index (χ4v) is 5.81. The van der Waals surface area contributed by atoms with Gasteiger partial charge in [-0.3, -0.25) is 0 Å². The van der Waals surface area contributed by atoms with Crippen LogP contribution in [0, 0.1) is 0 Å². The molecule has 0 aliphatic rings. The highest BCUT2D eigenvalue weighted by molar-refractivity contribution is 8.55. The normalized spacial score (nSPS) is 16.0. The van der Waals surface area contributed by atoms with Crippen LogP contribution in [-0.4, -0.2) is 20.4 Å². The summed E-state index contributed by atoms with van der Waals surface area (Å²) in [7, 11) is -4.96. The molecule has 1 unspecified atom stereocenters. The lowest BCUT2D eigenvalue weighted by Crippen LogP contribution is -1.87. The molecule has 0 aliphatic carbocycles. The molecule has 0 spiro atoms. The maximum atomic E-state index is 11.4. The van der Waals surface area contributed by atoms with E-state index in [0.717, 1.165) is 24.8 Å². The van der Waals surface area contributed by atoms with Crippen LogP contribution in [0.2, 0.25) is 0 Å². The average molecular weight is 398 g/mol. The smallest absolute Gasteiger partial charge is 0.316 e. The Morgan fingerprint density at radius 2 is 1.50 bits per heavy atom. The predicted molar refractivity (Wildman–Crippen MR) is 101 cm³/mol. The molecule has 0 fully saturated rings. The Kier molecular flexibility index (Phi) is 11.4. The molecule has 0 heterocycles. The summed E-state index contributed by atoms with van der Waals surface area (Å²) in [6, 6.07) is 0. The van der Waals surface area contributed by atoms with Gasteiger partial charge >= 0.3 is 14.6 Å². The molecule has 0 bridgehead atoms. The first-order valence-electron chi connectivity index (χ1n) is 7.60. The SMILES string of the molecule is CC(C)=CCC/C(C)=C/C/C=C(\C)CCSP(=O)(O)OP(=O)(O)O. The monoisotopic (exact) mass is 398 g/mol. The second-order valence-electron chi connectivity index (χ2n) is 5.78. The first-order valence-corrected chi connectivity index (χ1v) is 12.3. The summed E-state index contributed by atoms with van der Waals surface area (Å²) < 4.78 is 25.9. The minimum atomic E-state index is -4.96. The topological polar surface area (TPSA) is 104 Å². The van der Waals surface area contributed by atoms with E-state index in [-0.39, 0.29) is 5.75 Å². The zero-order valence-corrected chi connectivity index (χ0v) is 17.2. The third kappa shape index (κ3) is 15.4. The van der Waals surface area contributed by atoms with E-state index < -0.39 is 14.6 Å². The summed E-state index contributed by atoms with van der Waals surface area (Å²) in [4.78, 5) is 26.4. The third-order valence-corrected chi connectivity index (χ3v) is 7.50. The minimum absolute atomic E-state index is 0.249. The van der Waals surface area contributed by atoms with E-state index in [1.165, 1.54) is 11.1 Å². The van der Waals surface area contributed by atoms with E-state index >= 15 is 0 Å². The van der Waals surface area contributed by atoms with E-state index in [1.54, 1.807) is 0 Å². The molecule has 0 saturated heterocycles. The van der Waals surface area contributed by atoms with Crippen LogP contribution >= 0.6 is 26.0 Å². The van der Waals surface area contributed by atoms with Crippen LogP contribution in [0.4, 0.5) is 0 Å². The van der Waals surface area contributed by atoms with Gasteiger partial charge in [-0.25, -0.2) is 9.13 Å². The van der Waals surface area contributed by atoms with Gasteiger partial charge in [0, 0.05) is 5.75 Å². The van der Waals surface area contributed by atoms with E-state index in [9.17, 15) is 14.0 Å². The molecule has 0 aromatic rings. The van der Waals surface area contributed by atoms with Crippen molar-refractivity contribution in [1.82, 2.24) is 0 Å². The quantitative estimate of drug-likeness (QED) is 0.318. The van der Waals surface area contributed by atoms with Gasteiger partial charge in [0.1, 0.15) is 0 Å². The van der Waals surface area contributed by atoms with Crippen molar-refractivity contribution in [1.29, 1.82) is 0 Å². The molecule has 3 N–H and O–H groups in total. The van der Waals surface area contributed by atoms with Crippen molar-refractivity contribution in [3.63, 3.8) is 0 Å². The van der Waals surface area contributed by atoms with Gasteiger partial charge in [-0.1, -0.05) is 34.9 Å². The highest BCUT2D eigenvalue weighted by Gasteiger charge is 2.30. The second-order valence-corrected chi connectivity index (χ2v) is 11.2. The second kappa shape index (κ2) is 11.5. The highest BCUT2D eigenvalue weighted by atomic mass is 32.7. The van der Waals surface area contributed by atoms with Crippen molar-refractivity contribution < 1.29 is 28.1 Å². The van der Waals surface area contributed by atoms with Gasteiger partial charge in [-0.05, 0) is 64.8 Å². The van der Waals surface area contributed by atoms with Crippen LogP contribution in [0.15, 0.2) is 34.9 Å². The van der Waals surface area contributed by atoms with Crippen LogP contribution in [0.1, 0.15) is 53.4 Å². The molecule has 0 amide bonds. The van der Waals surface area contributed by atoms with Crippen molar-refractivity contribution in [2.45, 2.75) is 53.4 Å². The number of hydrogen-bond donors (Lipinski definition) is 3. The zero-order chi connectivity index (χ0) is 18.8. The summed E-state index contributed by atoms with van der Waals surface area (Å²) in [5.41, 5.74) is 3.69. The lowest BCUT2D eigenvalue weighted by molar-refractivity contribution is 0.270. The van der Waals surface area contributed by atoms with Gasteiger partial charge in [0.05, 0.1) is 0 Å². The van der Waals surface area contributed by atoms with Gasteiger partial charge in [-0.2, -0.15) is 4.31 Å². The summed E-state index contributed by atoms with van der Waals surface area (Å²) in [6.07, 6.45) is 9.82. The maximum absolute atomic E-state index is 11.4. The third-order valence-electron chi connectivity index (χ3n) is 2.98. The van der Waals surface area contributed by atoms with Crippen molar-refractivity contribution >= 4 is 26.0 Å². The standard InChI is InChI=1S/C15H28O6P2S/c1-13(2)7-5-8-14(3)9-6-10-15(4)11-12-24-23(19,20)21-22(16,17)18/h7,9-10H,5-6,8,11-12H2,1-4H3,(H,19,20)(H2,16,17,18)/b14-9+,15-10+. The molecule has 0 aromatic carbocycles. The van der Waals surface area contributed by atoms with Crippen LogP contribution in [0.25, 0.3) is 0 Å². The Balaban J connectivity index is 4.18. The van der Waals surface area contributed by atoms with Gasteiger partial charge in [-0.15, -0.1) is 0 Å². The molecular weight excluding hydrogens is 370 g/mol. The van der Waals surface area contributed by atoms with Gasteiger partial charge in [0.15, 0.2) is 0 Å². The summed E-state index contributed by atoms with van der Waals surface area (Å²) in [6.45, 7) is 3.85. The summed E-state index contributed by atoms with van der Waals surface area (Å²) in [5.74, 6) is 0.249. The molecule has 140 valence electrons. The van der Waals surface area contributed by atoms with Crippen LogP contribution in [0.3, 0.4) is 0 Å². The molecular formula is C15H28O6P2S. The Bertz CT molecular complexity index is 573. The molecule has 1 atom stereocenters. The highest BCUT2D eigenvalue weighted by Crippen LogP contribution is 2.65. The molecule has 0 aliphatic heterocycles.